The number of pyridine rings is 1. The van der Waals surface area contributed by atoms with Gasteiger partial charge in [0.15, 0.2) is 0 Å². The number of halogens is 2. The maximum atomic E-state index is 13.3. The van der Waals surface area contributed by atoms with Crippen molar-refractivity contribution < 1.29 is 4.39 Å². The Morgan fingerprint density at radius 1 is 1.16 bits per heavy atom. The van der Waals surface area contributed by atoms with Crippen molar-refractivity contribution in [3.63, 3.8) is 0 Å². The molecule has 1 atom stereocenters. The predicted octanol–water partition coefficient (Wildman–Crippen LogP) is 3.84. The Morgan fingerprint density at radius 3 is 2.37 bits per heavy atom. The zero-order valence-electron chi connectivity index (χ0n) is 11.0. The number of aromatic nitrogens is 1. The molecule has 0 aliphatic rings. The molecule has 1 heterocycles. The summed E-state index contributed by atoms with van der Waals surface area (Å²) >= 11 is 3.29. The maximum Gasteiger partial charge on any atom is 0.124 e. The van der Waals surface area contributed by atoms with E-state index in [0.717, 1.165) is 27.0 Å². The smallest absolute Gasteiger partial charge is 0.124 e. The van der Waals surface area contributed by atoms with E-state index in [9.17, 15) is 4.39 Å². The van der Waals surface area contributed by atoms with E-state index in [-0.39, 0.29) is 11.9 Å². The minimum Gasteiger partial charge on any atom is -0.324 e. The summed E-state index contributed by atoms with van der Waals surface area (Å²) in [5, 5.41) is 0. The van der Waals surface area contributed by atoms with Crippen molar-refractivity contribution >= 4 is 15.9 Å². The standard InChI is InChI=1S/C15H16BrFN2/c1-9-3-12(4-10(2)19-9)15(18)7-11-5-13(16)8-14(17)6-11/h3-6,8,15H,7,18H2,1-2H3. The summed E-state index contributed by atoms with van der Waals surface area (Å²) in [6, 6.07) is 8.65. The van der Waals surface area contributed by atoms with Crippen molar-refractivity contribution in [3.05, 3.63) is 63.1 Å². The van der Waals surface area contributed by atoms with Crippen LogP contribution in [0.25, 0.3) is 0 Å². The lowest BCUT2D eigenvalue weighted by molar-refractivity contribution is 0.621. The van der Waals surface area contributed by atoms with E-state index in [2.05, 4.69) is 20.9 Å². The number of hydrogen-bond acceptors (Lipinski definition) is 2. The third-order valence-electron chi connectivity index (χ3n) is 2.91. The first kappa shape index (κ1) is 14.2. The largest absolute Gasteiger partial charge is 0.324 e. The fraction of sp³-hybridized carbons (Fsp3) is 0.267. The summed E-state index contributed by atoms with van der Waals surface area (Å²) in [5.41, 5.74) is 10.0. The Labute approximate surface area is 121 Å². The predicted molar refractivity (Wildman–Crippen MR) is 78.4 cm³/mol. The summed E-state index contributed by atoms with van der Waals surface area (Å²) in [5.74, 6) is -0.251. The number of benzene rings is 1. The summed E-state index contributed by atoms with van der Waals surface area (Å²) in [6.45, 7) is 3.89. The molecule has 0 aliphatic carbocycles. The van der Waals surface area contributed by atoms with Gasteiger partial charge >= 0.3 is 0 Å². The van der Waals surface area contributed by atoms with Crippen LogP contribution in [0.5, 0.6) is 0 Å². The lowest BCUT2D eigenvalue weighted by Gasteiger charge is -2.14. The van der Waals surface area contributed by atoms with Crippen LogP contribution in [0.3, 0.4) is 0 Å². The average Bonchev–Trinajstić information content (AvgIpc) is 2.25. The average molecular weight is 323 g/mol. The Bertz CT molecular complexity index is 558. The van der Waals surface area contributed by atoms with Gasteiger partial charge in [-0.1, -0.05) is 15.9 Å². The molecule has 0 aliphatic heterocycles. The first-order valence-corrected chi connectivity index (χ1v) is 6.89. The first-order valence-electron chi connectivity index (χ1n) is 6.10. The SMILES string of the molecule is Cc1cc(C(N)Cc2cc(F)cc(Br)c2)cc(C)n1. The van der Waals surface area contributed by atoms with Crippen LogP contribution in [0.1, 0.15) is 28.6 Å². The van der Waals surface area contributed by atoms with Gasteiger partial charge in [-0.05, 0) is 61.7 Å². The molecular weight excluding hydrogens is 307 g/mol. The van der Waals surface area contributed by atoms with E-state index in [4.69, 9.17) is 5.73 Å². The van der Waals surface area contributed by atoms with E-state index in [1.807, 2.05) is 32.0 Å². The van der Waals surface area contributed by atoms with Crippen molar-refractivity contribution in [2.24, 2.45) is 5.73 Å². The highest BCUT2D eigenvalue weighted by Gasteiger charge is 2.10. The van der Waals surface area contributed by atoms with E-state index in [0.29, 0.717) is 6.42 Å². The summed E-state index contributed by atoms with van der Waals surface area (Å²) in [4.78, 5) is 4.33. The molecular formula is C15H16BrFN2. The molecule has 1 aromatic heterocycles. The van der Waals surface area contributed by atoms with Crippen LogP contribution in [-0.2, 0) is 6.42 Å². The topological polar surface area (TPSA) is 38.9 Å². The fourth-order valence-electron chi connectivity index (χ4n) is 2.18. The van der Waals surface area contributed by atoms with Crippen molar-refractivity contribution in [1.82, 2.24) is 4.98 Å². The molecule has 4 heteroatoms. The zero-order valence-corrected chi connectivity index (χ0v) is 12.5. The van der Waals surface area contributed by atoms with E-state index < -0.39 is 0 Å². The van der Waals surface area contributed by atoms with Crippen LogP contribution < -0.4 is 5.73 Å². The molecule has 100 valence electrons. The van der Waals surface area contributed by atoms with Gasteiger partial charge in [-0.3, -0.25) is 4.98 Å². The highest BCUT2D eigenvalue weighted by atomic mass is 79.9. The second kappa shape index (κ2) is 5.80. The van der Waals surface area contributed by atoms with Gasteiger partial charge in [0.05, 0.1) is 0 Å². The number of hydrogen-bond donors (Lipinski definition) is 1. The Hall–Kier alpha value is -1.26. The molecule has 0 radical (unpaired) electrons. The molecule has 19 heavy (non-hydrogen) atoms. The minimum absolute atomic E-state index is 0.158. The second-order valence-electron chi connectivity index (χ2n) is 4.77. The first-order chi connectivity index (χ1) is 8.94. The molecule has 2 nitrogen and oxygen atoms in total. The van der Waals surface area contributed by atoms with Crippen LogP contribution in [0.2, 0.25) is 0 Å². The molecule has 0 fully saturated rings. The number of rotatable bonds is 3. The molecule has 1 unspecified atom stereocenters. The van der Waals surface area contributed by atoms with Gasteiger partial charge in [0, 0.05) is 21.9 Å². The van der Waals surface area contributed by atoms with Crippen LogP contribution in [-0.4, -0.2) is 4.98 Å². The molecule has 1 aromatic carbocycles. The lowest BCUT2D eigenvalue weighted by atomic mass is 9.99. The zero-order chi connectivity index (χ0) is 14.0. The van der Waals surface area contributed by atoms with E-state index in [1.54, 1.807) is 0 Å². The van der Waals surface area contributed by atoms with Gasteiger partial charge in [0.25, 0.3) is 0 Å². The third kappa shape index (κ3) is 3.85. The lowest BCUT2D eigenvalue weighted by Crippen LogP contribution is -2.14. The van der Waals surface area contributed by atoms with Crippen molar-refractivity contribution in [2.75, 3.05) is 0 Å². The fourth-order valence-corrected chi connectivity index (χ4v) is 2.69. The third-order valence-corrected chi connectivity index (χ3v) is 3.37. The molecule has 2 N–H and O–H groups in total. The molecule has 2 rings (SSSR count). The number of nitrogens with zero attached hydrogens (tertiary/aromatic N) is 1. The van der Waals surface area contributed by atoms with E-state index >= 15 is 0 Å². The monoisotopic (exact) mass is 322 g/mol. The maximum absolute atomic E-state index is 13.3. The Morgan fingerprint density at radius 2 is 1.79 bits per heavy atom. The highest BCUT2D eigenvalue weighted by molar-refractivity contribution is 9.10. The van der Waals surface area contributed by atoms with Gasteiger partial charge in [0.2, 0.25) is 0 Å². The van der Waals surface area contributed by atoms with Gasteiger partial charge in [-0.25, -0.2) is 4.39 Å². The molecule has 2 aromatic rings. The second-order valence-corrected chi connectivity index (χ2v) is 5.69. The van der Waals surface area contributed by atoms with Gasteiger partial charge in [-0.2, -0.15) is 0 Å². The van der Waals surface area contributed by atoms with Crippen LogP contribution in [0.15, 0.2) is 34.8 Å². The minimum atomic E-state index is -0.251. The number of aryl methyl sites for hydroxylation is 2. The van der Waals surface area contributed by atoms with Crippen molar-refractivity contribution in [2.45, 2.75) is 26.3 Å². The van der Waals surface area contributed by atoms with Gasteiger partial charge < -0.3 is 5.73 Å². The Balaban J connectivity index is 2.22. The highest BCUT2D eigenvalue weighted by Crippen LogP contribution is 2.21. The quantitative estimate of drug-likeness (QED) is 0.932. The van der Waals surface area contributed by atoms with E-state index in [1.165, 1.54) is 12.1 Å². The van der Waals surface area contributed by atoms with Gasteiger partial charge in [0.1, 0.15) is 5.82 Å². The molecule has 0 spiro atoms. The van der Waals surface area contributed by atoms with Gasteiger partial charge in [-0.15, -0.1) is 0 Å². The summed E-state index contributed by atoms with van der Waals surface area (Å²) in [7, 11) is 0. The van der Waals surface area contributed by atoms with Crippen LogP contribution in [0.4, 0.5) is 4.39 Å². The molecule has 0 saturated heterocycles. The summed E-state index contributed by atoms with van der Waals surface area (Å²) in [6.07, 6.45) is 0.596. The van der Waals surface area contributed by atoms with Crippen LogP contribution in [0, 0.1) is 19.7 Å². The molecule has 0 saturated carbocycles. The van der Waals surface area contributed by atoms with Crippen LogP contribution >= 0.6 is 15.9 Å². The Kier molecular flexibility index (Phi) is 4.32. The summed E-state index contributed by atoms with van der Waals surface area (Å²) < 4.78 is 14.1. The molecule has 0 bridgehead atoms. The molecule has 0 amide bonds. The van der Waals surface area contributed by atoms with Crippen molar-refractivity contribution in [1.29, 1.82) is 0 Å². The number of nitrogens with two attached hydrogens (primary N) is 1. The van der Waals surface area contributed by atoms with Crippen molar-refractivity contribution in [3.8, 4) is 0 Å². The normalized spacial score (nSPS) is 12.5.